The molecule has 0 aliphatic rings. The Labute approximate surface area is 94.5 Å². The smallest absolute Gasteiger partial charge is 0.267 e. The number of carbonyl (C=O) groups excluding carboxylic acids is 1. The maximum absolute atomic E-state index is 12.2. The molecule has 0 spiro atoms. The van der Waals surface area contributed by atoms with E-state index in [9.17, 15) is 4.79 Å². The molecule has 15 heavy (non-hydrogen) atoms. The van der Waals surface area contributed by atoms with Gasteiger partial charge in [-0.2, -0.15) is 0 Å². The fourth-order valence-electron chi connectivity index (χ4n) is 1.61. The Morgan fingerprint density at radius 3 is 2.13 bits per heavy atom. The molecule has 0 atom stereocenters. The second-order valence-corrected chi connectivity index (χ2v) is 4.84. The molecule has 0 N–H and O–H groups in total. The summed E-state index contributed by atoms with van der Waals surface area (Å²) in [6.07, 6.45) is 0. The summed E-state index contributed by atoms with van der Waals surface area (Å²) in [5.41, 5.74) is 0.719. The number of hydrogen-bond donors (Lipinski definition) is 0. The molecule has 1 heterocycles. The number of aryl methyl sites for hydroxylation is 1. The number of carbonyl (C=O) groups is 1. The van der Waals surface area contributed by atoms with Crippen molar-refractivity contribution < 1.29 is 4.79 Å². The molecule has 1 aromatic heterocycles. The molecule has 84 valence electrons. The van der Waals surface area contributed by atoms with Crippen LogP contribution in [0.4, 0.5) is 0 Å². The van der Waals surface area contributed by atoms with E-state index in [-0.39, 0.29) is 18.0 Å². The zero-order valence-corrected chi connectivity index (χ0v) is 10.6. The van der Waals surface area contributed by atoms with Gasteiger partial charge in [0.25, 0.3) is 5.91 Å². The van der Waals surface area contributed by atoms with Crippen molar-refractivity contribution in [2.45, 2.75) is 46.7 Å². The molecule has 0 aromatic carbocycles. The van der Waals surface area contributed by atoms with Crippen molar-refractivity contribution in [1.29, 1.82) is 0 Å². The Morgan fingerprint density at radius 1 is 1.27 bits per heavy atom. The summed E-state index contributed by atoms with van der Waals surface area (Å²) < 4.78 is 3.79. The Hall–Kier alpha value is -0.970. The zero-order chi connectivity index (χ0) is 11.6. The second-order valence-electron chi connectivity index (χ2n) is 4.09. The first-order valence-electron chi connectivity index (χ1n) is 5.06. The van der Waals surface area contributed by atoms with Crippen molar-refractivity contribution in [1.82, 2.24) is 14.5 Å². The largest absolute Gasteiger partial charge is 0.333 e. The summed E-state index contributed by atoms with van der Waals surface area (Å²) in [5.74, 6) is 0.0347. The third-order valence-electron chi connectivity index (χ3n) is 2.19. The molecule has 0 unspecified atom stereocenters. The Morgan fingerprint density at radius 2 is 1.80 bits per heavy atom. The predicted octanol–water partition coefficient (Wildman–Crippen LogP) is 2.11. The summed E-state index contributed by atoms with van der Waals surface area (Å²) in [4.78, 5) is 14.7. The van der Waals surface area contributed by atoms with Crippen LogP contribution in [0.3, 0.4) is 0 Å². The van der Waals surface area contributed by atoms with Gasteiger partial charge in [0.2, 0.25) is 0 Å². The maximum atomic E-state index is 12.2. The van der Waals surface area contributed by atoms with Crippen LogP contribution in [-0.2, 0) is 0 Å². The van der Waals surface area contributed by atoms with Crippen LogP contribution < -0.4 is 0 Å². The molecule has 1 rings (SSSR count). The standard InChI is InChI=1S/C10H17N3OS/c1-6(2)13(7(3)4)10(14)9-8(5)11-12-15-9/h6-7H,1-5H3. The predicted molar refractivity (Wildman–Crippen MR) is 61.1 cm³/mol. The van der Waals surface area contributed by atoms with Gasteiger partial charge in [-0.3, -0.25) is 4.79 Å². The normalized spacial score (nSPS) is 11.1. The summed E-state index contributed by atoms with van der Waals surface area (Å²) in [6, 6.07) is 0.387. The number of amides is 1. The SMILES string of the molecule is Cc1nnsc1C(=O)N(C(C)C)C(C)C. The van der Waals surface area contributed by atoms with Gasteiger partial charge in [0.05, 0.1) is 5.69 Å². The van der Waals surface area contributed by atoms with Crippen molar-refractivity contribution in [2.24, 2.45) is 0 Å². The Bertz CT molecular complexity index is 338. The van der Waals surface area contributed by atoms with E-state index >= 15 is 0 Å². The second kappa shape index (κ2) is 4.70. The van der Waals surface area contributed by atoms with Gasteiger partial charge in [-0.05, 0) is 46.2 Å². The lowest BCUT2D eigenvalue weighted by molar-refractivity contribution is 0.0648. The number of hydrogen-bond acceptors (Lipinski definition) is 4. The molecule has 0 bridgehead atoms. The monoisotopic (exact) mass is 227 g/mol. The molecular weight excluding hydrogens is 210 g/mol. The average molecular weight is 227 g/mol. The van der Waals surface area contributed by atoms with E-state index in [0.717, 1.165) is 5.69 Å². The van der Waals surface area contributed by atoms with E-state index in [0.29, 0.717) is 4.88 Å². The van der Waals surface area contributed by atoms with Crippen LogP contribution in [-0.4, -0.2) is 32.5 Å². The van der Waals surface area contributed by atoms with Gasteiger partial charge in [-0.15, -0.1) is 5.10 Å². The molecular formula is C10H17N3OS. The molecule has 0 aliphatic heterocycles. The Kier molecular flexibility index (Phi) is 3.79. The molecule has 5 heteroatoms. The minimum Gasteiger partial charge on any atom is -0.333 e. The topological polar surface area (TPSA) is 46.1 Å². The molecule has 0 saturated carbocycles. The van der Waals surface area contributed by atoms with Crippen molar-refractivity contribution in [3.05, 3.63) is 10.6 Å². The first-order chi connectivity index (χ1) is 6.95. The number of rotatable bonds is 3. The van der Waals surface area contributed by atoms with E-state index in [1.54, 1.807) is 0 Å². The lowest BCUT2D eigenvalue weighted by Crippen LogP contribution is -2.41. The van der Waals surface area contributed by atoms with Gasteiger partial charge < -0.3 is 4.90 Å². The first-order valence-corrected chi connectivity index (χ1v) is 5.84. The van der Waals surface area contributed by atoms with Gasteiger partial charge in [0.15, 0.2) is 0 Å². The molecule has 1 amide bonds. The number of aromatic nitrogens is 2. The fraction of sp³-hybridized carbons (Fsp3) is 0.700. The molecule has 4 nitrogen and oxygen atoms in total. The lowest BCUT2D eigenvalue weighted by atomic mass is 10.2. The molecule has 0 fully saturated rings. The zero-order valence-electron chi connectivity index (χ0n) is 9.81. The van der Waals surface area contributed by atoms with Crippen LogP contribution in [0.1, 0.15) is 43.1 Å². The van der Waals surface area contributed by atoms with Gasteiger partial charge >= 0.3 is 0 Å². The van der Waals surface area contributed by atoms with Gasteiger partial charge in [-0.1, -0.05) is 4.49 Å². The molecule has 0 saturated heterocycles. The van der Waals surface area contributed by atoms with Crippen molar-refractivity contribution in [3.8, 4) is 0 Å². The Balaban J connectivity index is 2.96. The van der Waals surface area contributed by atoms with Crippen molar-refractivity contribution in [3.63, 3.8) is 0 Å². The van der Waals surface area contributed by atoms with Gasteiger partial charge in [0.1, 0.15) is 4.88 Å². The lowest BCUT2D eigenvalue weighted by Gasteiger charge is -2.30. The third kappa shape index (κ3) is 2.53. The van der Waals surface area contributed by atoms with Crippen LogP contribution >= 0.6 is 11.5 Å². The summed E-state index contributed by atoms with van der Waals surface area (Å²) in [5, 5.41) is 3.86. The van der Waals surface area contributed by atoms with Crippen LogP contribution in [0, 0.1) is 6.92 Å². The van der Waals surface area contributed by atoms with E-state index < -0.39 is 0 Å². The third-order valence-corrected chi connectivity index (χ3v) is 3.01. The highest BCUT2D eigenvalue weighted by atomic mass is 32.1. The highest BCUT2D eigenvalue weighted by Crippen LogP contribution is 2.16. The van der Waals surface area contributed by atoms with E-state index in [1.807, 2.05) is 39.5 Å². The van der Waals surface area contributed by atoms with Crippen molar-refractivity contribution >= 4 is 17.4 Å². The summed E-state index contributed by atoms with van der Waals surface area (Å²) in [7, 11) is 0. The minimum absolute atomic E-state index is 0.0347. The molecule has 0 aliphatic carbocycles. The van der Waals surface area contributed by atoms with Crippen LogP contribution in [0.2, 0.25) is 0 Å². The minimum atomic E-state index is 0.0347. The summed E-state index contributed by atoms with van der Waals surface area (Å²) >= 11 is 1.17. The van der Waals surface area contributed by atoms with Crippen LogP contribution in [0.15, 0.2) is 0 Å². The number of nitrogens with zero attached hydrogens (tertiary/aromatic N) is 3. The molecule has 1 aromatic rings. The fourth-order valence-corrected chi connectivity index (χ4v) is 2.21. The highest BCUT2D eigenvalue weighted by molar-refractivity contribution is 7.07. The van der Waals surface area contributed by atoms with Crippen LogP contribution in [0.25, 0.3) is 0 Å². The average Bonchev–Trinajstić information content (AvgIpc) is 2.49. The van der Waals surface area contributed by atoms with Crippen LogP contribution in [0.5, 0.6) is 0 Å². The van der Waals surface area contributed by atoms with E-state index in [1.165, 1.54) is 11.5 Å². The van der Waals surface area contributed by atoms with Gasteiger partial charge in [0, 0.05) is 12.1 Å². The van der Waals surface area contributed by atoms with Crippen molar-refractivity contribution in [2.75, 3.05) is 0 Å². The highest BCUT2D eigenvalue weighted by Gasteiger charge is 2.24. The molecule has 0 radical (unpaired) electrons. The van der Waals surface area contributed by atoms with E-state index in [2.05, 4.69) is 9.59 Å². The van der Waals surface area contributed by atoms with Gasteiger partial charge in [-0.25, -0.2) is 0 Å². The summed E-state index contributed by atoms with van der Waals surface area (Å²) in [6.45, 7) is 9.88. The maximum Gasteiger partial charge on any atom is 0.267 e. The first kappa shape index (κ1) is 12.1. The van der Waals surface area contributed by atoms with E-state index in [4.69, 9.17) is 0 Å². The quantitative estimate of drug-likeness (QED) is 0.794.